The van der Waals surface area contributed by atoms with E-state index >= 15 is 0 Å². The molecule has 1 aliphatic rings. The number of benzene rings is 1. The number of halogens is 2. The fourth-order valence-corrected chi connectivity index (χ4v) is 2.23. The average Bonchev–Trinajstić information content (AvgIpc) is 2.19. The fraction of sp³-hybridized carbons (Fsp3) is 0.500. The van der Waals surface area contributed by atoms with Gasteiger partial charge in [0.1, 0.15) is 0 Å². The molecule has 0 heterocycles. The molecule has 1 fully saturated rings. The van der Waals surface area contributed by atoms with Crippen molar-refractivity contribution in [2.75, 3.05) is 5.73 Å². The van der Waals surface area contributed by atoms with Crippen LogP contribution in [-0.4, -0.2) is 5.92 Å². The molecule has 15 heavy (non-hydrogen) atoms. The van der Waals surface area contributed by atoms with Gasteiger partial charge in [-0.2, -0.15) is 0 Å². The first-order valence-electron chi connectivity index (χ1n) is 5.33. The third-order valence-electron chi connectivity index (χ3n) is 3.10. The van der Waals surface area contributed by atoms with Crippen molar-refractivity contribution >= 4 is 5.69 Å². The molecule has 1 aromatic carbocycles. The van der Waals surface area contributed by atoms with Gasteiger partial charge in [-0.05, 0) is 30.5 Å². The number of nitrogen functional groups attached to an aromatic ring is 1. The molecular formula is C12H15F2N. The summed E-state index contributed by atoms with van der Waals surface area (Å²) >= 11 is 0. The number of hydrogen-bond donors (Lipinski definition) is 1. The van der Waals surface area contributed by atoms with Crippen molar-refractivity contribution in [1.29, 1.82) is 0 Å². The highest BCUT2D eigenvalue weighted by Gasteiger charge is 2.41. The van der Waals surface area contributed by atoms with E-state index in [-0.39, 0.29) is 6.42 Å². The lowest BCUT2D eigenvalue weighted by Crippen LogP contribution is -2.29. The molecule has 0 bridgehead atoms. The Hall–Kier alpha value is -1.12. The second kappa shape index (κ2) is 3.80. The summed E-state index contributed by atoms with van der Waals surface area (Å²) in [6.07, 6.45) is 2.13. The van der Waals surface area contributed by atoms with Crippen LogP contribution in [0.25, 0.3) is 0 Å². The molecule has 1 atom stereocenters. The molecule has 0 radical (unpaired) electrons. The van der Waals surface area contributed by atoms with E-state index in [4.69, 9.17) is 5.73 Å². The topological polar surface area (TPSA) is 26.0 Å². The van der Waals surface area contributed by atoms with Gasteiger partial charge in [-0.3, -0.25) is 0 Å². The van der Waals surface area contributed by atoms with Gasteiger partial charge in [0.2, 0.25) is 0 Å². The van der Waals surface area contributed by atoms with Gasteiger partial charge in [-0.1, -0.05) is 18.6 Å². The monoisotopic (exact) mass is 211 g/mol. The van der Waals surface area contributed by atoms with Crippen molar-refractivity contribution in [3.05, 3.63) is 29.8 Å². The Labute approximate surface area is 88.3 Å². The van der Waals surface area contributed by atoms with Crippen molar-refractivity contribution < 1.29 is 8.78 Å². The molecule has 1 nitrogen and oxygen atoms in total. The molecule has 2 rings (SSSR count). The molecule has 0 amide bonds. The summed E-state index contributed by atoms with van der Waals surface area (Å²) in [5.74, 6) is -3.17. The summed E-state index contributed by atoms with van der Waals surface area (Å²) in [5.41, 5.74) is 6.88. The molecule has 0 aliphatic heterocycles. The number of alkyl halides is 2. The summed E-state index contributed by atoms with van der Waals surface area (Å²) in [7, 11) is 0. The Morgan fingerprint density at radius 1 is 1.13 bits per heavy atom. The highest BCUT2D eigenvalue weighted by atomic mass is 19.3. The van der Waals surface area contributed by atoms with Gasteiger partial charge in [-0.25, -0.2) is 8.78 Å². The van der Waals surface area contributed by atoms with Crippen LogP contribution in [0.5, 0.6) is 0 Å². The van der Waals surface area contributed by atoms with E-state index in [1.54, 1.807) is 24.3 Å². The minimum Gasteiger partial charge on any atom is -0.399 e. The van der Waals surface area contributed by atoms with Gasteiger partial charge < -0.3 is 5.73 Å². The second-order valence-electron chi connectivity index (χ2n) is 4.23. The average molecular weight is 211 g/mol. The van der Waals surface area contributed by atoms with Crippen LogP contribution in [0.1, 0.15) is 37.2 Å². The smallest absolute Gasteiger partial charge is 0.254 e. The predicted octanol–water partition coefficient (Wildman–Crippen LogP) is 3.56. The van der Waals surface area contributed by atoms with Crippen LogP contribution in [-0.2, 0) is 0 Å². The highest BCUT2D eigenvalue weighted by molar-refractivity contribution is 5.40. The van der Waals surface area contributed by atoms with Crippen LogP contribution < -0.4 is 5.73 Å². The van der Waals surface area contributed by atoms with Gasteiger partial charge in [0.25, 0.3) is 5.92 Å². The summed E-state index contributed by atoms with van der Waals surface area (Å²) in [4.78, 5) is 0. The molecule has 82 valence electrons. The summed E-state index contributed by atoms with van der Waals surface area (Å²) in [5, 5.41) is 0. The molecule has 0 aromatic heterocycles. The number of hydrogen-bond acceptors (Lipinski definition) is 1. The lowest BCUT2D eigenvalue weighted by atomic mass is 9.81. The maximum absolute atomic E-state index is 13.6. The van der Waals surface area contributed by atoms with Crippen molar-refractivity contribution in [3.8, 4) is 0 Å². The first-order valence-corrected chi connectivity index (χ1v) is 5.33. The SMILES string of the molecule is Nc1ccc(C2CCCCC2(F)F)cc1. The van der Waals surface area contributed by atoms with Crippen molar-refractivity contribution in [1.82, 2.24) is 0 Å². The minimum atomic E-state index is -2.55. The van der Waals surface area contributed by atoms with Crippen LogP contribution in [0.3, 0.4) is 0 Å². The van der Waals surface area contributed by atoms with Crippen molar-refractivity contribution in [2.24, 2.45) is 0 Å². The molecule has 1 aromatic rings. The number of rotatable bonds is 1. The van der Waals surface area contributed by atoms with Gasteiger partial charge in [0.15, 0.2) is 0 Å². The first-order chi connectivity index (χ1) is 7.09. The highest BCUT2D eigenvalue weighted by Crippen LogP contribution is 2.44. The van der Waals surface area contributed by atoms with Crippen LogP contribution in [0, 0.1) is 0 Å². The van der Waals surface area contributed by atoms with Gasteiger partial charge in [0, 0.05) is 18.0 Å². The zero-order valence-electron chi connectivity index (χ0n) is 8.55. The van der Waals surface area contributed by atoms with Crippen LogP contribution >= 0.6 is 0 Å². The molecule has 1 unspecified atom stereocenters. The van der Waals surface area contributed by atoms with E-state index in [9.17, 15) is 8.78 Å². The zero-order chi connectivity index (χ0) is 10.9. The van der Waals surface area contributed by atoms with E-state index < -0.39 is 11.8 Å². The lowest BCUT2D eigenvalue weighted by molar-refractivity contribution is -0.0547. The summed E-state index contributed by atoms with van der Waals surface area (Å²) in [6.45, 7) is 0. The van der Waals surface area contributed by atoms with Crippen LogP contribution in [0.15, 0.2) is 24.3 Å². The molecule has 3 heteroatoms. The van der Waals surface area contributed by atoms with E-state index in [0.717, 1.165) is 6.42 Å². The number of anilines is 1. The third kappa shape index (κ3) is 2.11. The first kappa shape index (κ1) is 10.4. The molecule has 0 saturated heterocycles. The molecule has 1 saturated carbocycles. The zero-order valence-corrected chi connectivity index (χ0v) is 8.55. The Kier molecular flexibility index (Phi) is 2.63. The van der Waals surface area contributed by atoms with Gasteiger partial charge in [0.05, 0.1) is 0 Å². The third-order valence-corrected chi connectivity index (χ3v) is 3.10. The standard InChI is InChI=1S/C12H15F2N/c13-12(14)8-2-1-3-11(12)9-4-6-10(15)7-5-9/h4-7,11H,1-3,8,15H2. The van der Waals surface area contributed by atoms with Crippen molar-refractivity contribution in [3.63, 3.8) is 0 Å². The minimum absolute atomic E-state index is 0.0159. The summed E-state index contributed by atoms with van der Waals surface area (Å²) in [6, 6.07) is 6.83. The Balaban J connectivity index is 2.25. The van der Waals surface area contributed by atoms with E-state index in [1.807, 2.05) is 0 Å². The molecular weight excluding hydrogens is 196 g/mol. The van der Waals surface area contributed by atoms with Gasteiger partial charge in [-0.15, -0.1) is 0 Å². The van der Waals surface area contributed by atoms with Crippen LogP contribution in [0.2, 0.25) is 0 Å². The fourth-order valence-electron chi connectivity index (χ4n) is 2.23. The Morgan fingerprint density at radius 2 is 1.80 bits per heavy atom. The van der Waals surface area contributed by atoms with Gasteiger partial charge >= 0.3 is 0 Å². The second-order valence-corrected chi connectivity index (χ2v) is 4.23. The summed E-state index contributed by atoms with van der Waals surface area (Å²) < 4.78 is 27.2. The quantitative estimate of drug-likeness (QED) is 0.706. The molecule has 1 aliphatic carbocycles. The van der Waals surface area contributed by atoms with E-state index in [2.05, 4.69) is 0 Å². The maximum atomic E-state index is 13.6. The molecule has 0 spiro atoms. The Bertz CT molecular complexity index is 332. The van der Waals surface area contributed by atoms with Crippen LogP contribution in [0.4, 0.5) is 14.5 Å². The normalized spacial score (nSPS) is 25.1. The van der Waals surface area contributed by atoms with Crippen molar-refractivity contribution in [2.45, 2.75) is 37.5 Å². The largest absolute Gasteiger partial charge is 0.399 e. The van der Waals surface area contributed by atoms with E-state index in [1.165, 1.54) is 0 Å². The lowest BCUT2D eigenvalue weighted by Gasteiger charge is -2.31. The Morgan fingerprint density at radius 3 is 2.40 bits per heavy atom. The number of nitrogens with two attached hydrogens (primary N) is 1. The molecule has 2 N–H and O–H groups in total. The maximum Gasteiger partial charge on any atom is 0.254 e. The predicted molar refractivity (Wildman–Crippen MR) is 57.0 cm³/mol. The van der Waals surface area contributed by atoms with E-state index in [0.29, 0.717) is 24.1 Å².